The van der Waals surface area contributed by atoms with E-state index in [4.69, 9.17) is 14.2 Å². The monoisotopic (exact) mass is 562 g/mol. The van der Waals surface area contributed by atoms with Gasteiger partial charge in [0.1, 0.15) is 24.6 Å². The largest absolute Gasteiger partial charge is 0.458 e. The highest BCUT2D eigenvalue weighted by Gasteiger charge is 2.74. The Balaban J connectivity index is 1.14. The quantitative estimate of drug-likeness (QED) is 0.186. The van der Waals surface area contributed by atoms with Crippen molar-refractivity contribution in [2.24, 2.45) is 40.4 Å². The Labute approximate surface area is 233 Å². The van der Waals surface area contributed by atoms with E-state index in [1.165, 1.54) is 0 Å². The summed E-state index contributed by atoms with van der Waals surface area (Å²) >= 11 is 0. The first-order valence-electron chi connectivity index (χ1n) is 15.0. The van der Waals surface area contributed by atoms with Gasteiger partial charge in [-0.3, -0.25) is 0 Å². The van der Waals surface area contributed by atoms with Crippen molar-refractivity contribution in [1.82, 2.24) is 0 Å². The lowest BCUT2D eigenvalue weighted by molar-refractivity contribution is -0.304. The van der Waals surface area contributed by atoms with E-state index in [1.54, 1.807) is 6.08 Å². The number of carbonyl (C=O) groups is 2. The van der Waals surface area contributed by atoms with Crippen LogP contribution in [0.4, 0.5) is 0 Å². The molecule has 0 radical (unpaired) electrons. The highest BCUT2D eigenvalue weighted by atomic mass is 16.7. The minimum absolute atomic E-state index is 0.0123. The molecule has 10 heteroatoms. The van der Waals surface area contributed by atoms with Crippen LogP contribution in [0.3, 0.4) is 0 Å². The Hall–Kier alpha value is -1.40. The maximum Gasteiger partial charge on any atom is 0.331 e. The molecule has 10 unspecified atom stereocenters. The van der Waals surface area contributed by atoms with E-state index in [9.17, 15) is 35.1 Å². The van der Waals surface area contributed by atoms with Crippen molar-refractivity contribution in [3.05, 3.63) is 11.6 Å². The fraction of sp³-hybridized carbons (Fsp3) is 0.867. The molecular formula is C30H42O10. The third kappa shape index (κ3) is 3.35. The van der Waals surface area contributed by atoms with Crippen molar-refractivity contribution in [2.75, 3.05) is 6.61 Å². The van der Waals surface area contributed by atoms with Crippen LogP contribution in [0.2, 0.25) is 0 Å². The molecule has 0 bridgehead atoms. The van der Waals surface area contributed by atoms with Gasteiger partial charge in [0.25, 0.3) is 0 Å². The molecule has 40 heavy (non-hydrogen) atoms. The first-order chi connectivity index (χ1) is 18.9. The molecule has 5 aliphatic carbocycles. The number of rotatable bonds is 4. The van der Waals surface area contributed by atoms with Crippen LogP contribution in [0, 0.1) is 40.4 Å². The molecule has 15 atom stereocenters. The van der Waals surface area contributed by atoms with E-state index in [1.807, 2.05) is 6.92 Å². The van der Waals surface area contributed by atoms with Gasteiger partial charge in [0, 0.05) is 29.7 Å². The van der Waals surface area contributed by atoms with E-state index >= 15 is 0 Å². The molecule has 2 heterocycles. The molecule has 5 saturated carbocycles. The zero-order valence-electron chi connectivity index (χ0n) is 23.1. The summed E-state index contributed by atoms with van der Waals surface area (Å²) in [7, 11) is 0. The van der Waals surface area contributed by atoms with Crippen molar-refractivity contribution in [3.8, 4) is 0 Å². The molecule has 7 rings (SSSR count). The van der Waals surface area contributed by atoms with Crippen LogP contribution < -0.4 is 0 Å². The molecule has 222 valence electrons. The van der Waals surface area contributed by atoms with E-state index in [2.05, 4.69) is 6.92 Å². The predicted molar refractivity (Wildman–Crippen MR) is 137 cm³/mol. The lowest BCUT2D eigenvalue weighted by Gasteiger charge is -2.66. The minimum Gasteiger partial charge on any atom is -0.458 e. The van der Waals surface area contributed by atoms with Gasteiger partial charge in [-0.1, -0.05) is 6.92 Å². The second kappa shape index (κ2) is 8.81. The van der Waals surface area contributed by atoms with Gasteiger partial charge < -0.3 is 44.5 Å². The molecule has 6 fully saturated rings. The van der Waals surface area contributed by atoms with E-state index in [-0.39, 0.29) is 67.5 Å². The average Bonchev–Trinajstić information content (AvgIpc) is 3.26. The topological polar surface area (TPSA) is 163 Å². The molecule has 0 amide bonds. The smallest absolute Gasteiger partial charge is 0.331 e. The fourth-order valence-electron chi connectivity index (χ4n) is 10.7. The standard InChI is InChI=1S/C30H42O10/c1-14-22-23(24(22)34)25(35)26(39-14)40-16-3-7-28(13-31)18-4-6-27(2)17(15-9-21(33)38-12-15)5-8-29(27,36)19(18)10-20(32)30(28,37)11-16/h9,13-14,16-20,22-26,32,34-37H,3-8,10-12H2,1-2H3/t14?,16-,17?,18?,19?,20+,22?,23?,24?,25?,26?,27+,28?,29-,30+/m0/s1. The highest BCUT2D eigenvalue weighted by Crippen LogP contribution is 2.70. The molecule has 0 spiro atoms. The second-order valence-corrected chi connectivity index (χ2v) is 14.2. The number of hydrogen-bond donors (Lipinski definition) is 5. The number of esters is 1. The van der Waals surface area contributed by atoms with Crippen molar-refractivity contribution in [2.45, 2.75) is 113 Å². The number of cyclic esters (lactones) is 1. The number of fused-ring (bicyclic) bond motifs is 6. The van der Waals surface area contributed by atoms with Crippen molar-refractivity contribution in [1.29, 1.82) is 0 Å². The third-order valence-electron chi connectivity index (χ3n) is 12.9. The Kier molecular flexibility index (Phi) is 6.04. The second-order valence-electron chi connectivity index (χ2n) is 14.2. The molecule has 7 aliphatic rings. The zero-order valence-corrected chi connectivity index (χ0v) is 23.1. The summed E-state index contributed by atoms with van der Waals surface area (Å²) in [6.45, 7) is 4.15. The Morgan fingerprint density at radius 1 is 1.00 bits per heavy atom. The number of aliphatic hydroxyl groups excluding tert-OH is 3. The summed E-state index contributed by atoms with van der Waals surface area (Å²) in [6, 6.07) is 0. The van der Waals surface area contributed by atoms with E-state index in [0.717, 1.165) is 11.9 Å². The van der Waals surface area contributed by atoms with Gasteiger partial charge in [0.15, 0.2) is 6.29 Å². The van der Waals surface area contributed by atoms with Gasteiger partial charge >= 0.3 is 5.97 Å². The van der Waals surface area contributed by atoms with Crippen LogP contribution in [-0.2, 0) is 23.8 Å². The molecule has 10 nitrogen and oxygen atoms in total. The summed E-state index contributed by atoms with van der Waals surface area (Å²) in [5.74, 6) is -1.48. The normalized spacial score (nSPS) is 58.6. The van der Waals surface area contributed by atoms with Crippen LogP contribution in [0.5, 0.6) is 0 Å². The first-order valence-corrected chi connectivity index (χ1v) is 15.0. The van der Waals surface area contributed by atoms with Crippen molar-refractivity contribution in [3.63, 3.8) is 0 Å². The van der Waals surface area contributed by atoms with Gasteiger partial charge in [-0.25, -0.2) is 4.79 Å². The highest BCUT2D eigenvalue weighted by molar-refractivity contribution is 5.85. The van der Waals surface area contributed by atoms with Gasteiger partial charge in [-0.05, 0) is 75.2 Å². The molecule has 0 aromatic carbocycles. The van der Waals surface area contributed by atoms with E-state index < -0.39 is 52.7 Å². The summed E-state index contributed by atoms with van der Waals surface area (Å²) < 4.78 is 17.2. The van der Waals surface area contributed by atoms with Crippen molar-refractivity contribution >= 4 is 12.3 Å². The first kappa shape index (κ1) is 27.4. The zero-order chi connectivity index (χ0) is 28.4. The Morgan fingerprint density at radius 2 is 1.77 bits per heavy atom. The minimum atomic E-state index is -1.75. The molecule has 0 aromatic heterocycles. The van der Waals surface area contributed by atoms with E-state index in [0.29, 0.717) is 32.1 Å². The lowest BCUT2D eigenvalue weighted by atomic mass is 9.41. The average molecular weight is 563 g/mol. The van der Waals surface area contributed by atoms with Crippen LogP contribution in [0.25, 0.3) is 0 Å². The third-order valence-corrected chi connectivity index (χ3v) is 12.9. The lowest BCUT2D eigenvalue weighted by Crippen LogP contribution is -2.73. The van der Waals surface area contributed by atoms with Crippen LogP contribution in [0.15, 0.2) is 11.6 Å². The molecule has 1 saturated heterocycles. The van der Waals surface area contributed by atoms with Gasteiger partial charge in [-0.15, -0.1) is 0 Å². The number of carbonyl (C=O) groups excluding carboxylic acids is 2. The summed E-state index contributed by atoms with van der Waals surface area (Å²) in [5.41, 5.74) is -3.78. The molecule has 5 N–H and O–H groups in total. The number of ether oxygens (including phenoxy) is 3. The molecule has 2 aliphatic heterocycles. The maximum absolute atomic E-state index is 13.0. The van der Waals surface area contributed by atoms with Gasteiger partial charge in [-0.2, -0.15) is 0 Å². The Morgan fingerprint density at radius 3 is 2.48 bits per heavy atom. The number of aliphatic hydroxyl groups is 5. The fourth-order valence-corrected chi connectivity index (χ4v) is 10.7. The van der Waals surface area contributed by atoms with Gasteiger partial charge in [0.2, 0.25) is 0 Å². The SMILES string of the molecule is CC1OC(O[C@H]2CCC3(C=O)C4CC[C@]5(C)C(C6=CC(=O)OC6)CC[C@]5(O)C4C[C@@H](O)[C@]3(O)C2)C(O)C2C(O)C12. The Bertz CT molecular complexity index is 1130. The van der Waals surface area contributed by atoms with Crippen molar-refractivity contribution < 1.29 is 49.3 Å². The summed E-state index contributed by atoms with van der Waals surface area (Å²) in [6.07, 6.45) is 1.07. The van der Waals surface area contributed by atoms with Crippen LogP contribution in [0.1, 0.15) is 65.2 Å². The summed E-state index contributed by atoms with van der Waals surface area (Å²) in [5, 5.41) is 57.0. The van der Waals surface area contributed by atoms with Crippen LogP contribution >= 0.6 is 0 Å². The predicted octanol–water partition coefficient (Wildman–Crippen LogP) is 0.606. The van der Waals surface area contributed by atoms with Gasteiger partial charge in [0.05, 0.1) is 35.4 Å². The number of hydrogen-bond acceptors (Lipinski definition) is 10. The maximum atomic E-state index is 13.0. The molecule has 0 aromatic rings. The number of aldehydes is 1. The molecular weight excluding hydrogens is 520 g/mol. The van der Waals surface area contributed by atoms with Crippen LogP contribution in [-0.4, -0.2) is 92.4 Å². The summed E-state index contributed by atoms with van der Waals surface area (Å²) in [4.78, 5) is 24.8.